The van der Waals surface area contributed by atoms with E-state index in [1.165, 1.54) is 46.3 Å². The van der Waals surface area contributed by atoms with Gasteiger partial charge in [0.2, 0.25) is 5.91 Å². The fourth-order valence-electron chi connectivity index (χ4n) is 2.99. The summed E-state index contributed by atoms with van der Waals surface area (Å²) in [4.78, 5) is 42.6. The number of carbonyl (C=O) groups excluding carboxylic acids is 2. The Bertz CT molecular complexity index is 949. The maximum atomic E-state index is 12.6. The number of rotatable bonds is 6. The number of benzene rings is 1. The lowest BCUT2D eigenvalue weighted by molar-refractivity contribution is -0.150. The largest absolute Gasteiger partial charge is 0.477 e. The van der Waals surface area contributed by atoms with Gasteiger partial charge in [0.1, 0.15) is 23.4 Å². The first-order valence-electron chi connectivity index (χ1n) is 8.23. The Hall–Kier alpha value is -2.37. The summed E-state index contributed by atoms with van der Waals surface area (Å²) in [6, 6.07) is 8.51. The molecule has 144 valence electrons. The summed E-state index contributed by atoms with van der Waals surface area (Å²) in [5, 5.41) is 12.0. The highest BCUT2D eigenvalue weighted by molar-refractivity contribution is 8.07. The van der Waals surface area contributed by atoms with Crippen LogP contribution in [0.15, 0.2) is 51.6 Å². The molecule has 0 bridgehead atoms. The molecule has 2 aliphatic rings. The number of nitrogens with one attached hydrogen (secondary N) is 1. The summed E-state index contributed by atoms with van der Waals surface area (Å²) in [5.41, 5.74) is 0.810. The molecule has 0 spiro atoms. The Morgan fingerprint density at radius 3 is 2.79 bits per heavy atom. The molecule has 0 saturated carbocycles. The minimum Gasteiger partial charge on any atom is -0.477 e. The lowest BCUT2D eigenvalue weighted by Gasteiger charge is -2.49. The molecule has 2 N–H and O–H groups in total. The average Bonchev–Trinajstić information content (AvgIpc) is 3.19. The summed E-state index contributed by atoms with van der Waals surface area (Å²) in [7, 11) is 0. The zero-order chi connectivity index (χ0) is 19.7. The van der Waals surface area contributed by atoms with Gasteiger partial charge < -0.3 is 10.4 Å². The van der Waals surface area contributed by atoms with Crippen molar-refractivity contribution in [3.63, 3.8) is 0 Å². The highest BCUT2D eigenvalue weighted by Crippen LogP contribution is 2.45. The maximum Gasteiger partial charge on any atom is 0.353 e. The first kappa shape index (κ1) is 19.0. The van der Waals surface area contributed by atoms with Crippen LogP contribution in [0.25, 0.3) is 0 Å². The van der Waals surface area contributed by atoms with E-state index in [0.717, 1.165) is 5.56 Å². The molecule has 28 heavy (non-hydrogen) atoms. The molecule has 1 aromatic carbocycles. The number of thioether (sulfide) groups is 2. The van der Waals surface area contributed by atoms with Crippen molar-refractivity contribution in [3.8, 4) is 0 Å². The molecule has 11 heteroatoms. The molecule has 8 nitrogen and oxygen atoms in total. The van der Waals surface area contributed by atoms with E-state index < -0.39 is 23.3 Å². The molecule has 2 aromatic rings. The van der Waals surface area contributed by atoms with Crippen molar-refractivity contribution in [2.45, 2.75) is 22.2 Å². The van der Waals surface area contributed by atoms with Crippen molar-refractivity contribution in [1.82, 2.24) is 19.6 Å². The van der Waals surface area contributed by atoms with E-state index in [2.05, 4.69) is 14.7 Å². The third kappa shape index (κ3) is 3.64. The lowest BCUT2D eigenvalue weighted by atomic mass is 10.0. The molecule has 0 radical (unpaired) electrons. The Labute approximate surface area is 172 Å². The summed E-state index contributed by atoms with van der Waals surface area (Å²) in [6.45, 7) is 0. The first-order valence-corrected chi connectivity index (χ1v) is 10.9. The van der Waals surface area contributed by atoms with Crippen molar-refractivity contribution in [3.05, 3.63) is 52.8 Å². The van der Waals surface area contributed by atoms with E-state index in [4.69, 9.17) is 0 Å². The molecule has 4 rings (SSSR count). The summed E-state index contributed by atoms with van der Waals surface area (Å²) >= 11 is 3.80. The SMILES string of the molecule is O=C(Cc1ccccc1)N[C@@H]1C(=O)N2C(C(=O)O)=C(Sc3ncns3)CS[C@H]12. The summed E-state index contributed by atoms with van der Waals surface area (Å²) in [5.74, 6) is -1.42. The smallest absolute Gasteiger partial charge is 0.353 e. The van der Waals surface area contributed by atoms with Gasteiger partial charge in [-0.2, -0.15) is 4.37 Å². The predicted octanol–water partition coefficient (Wildman–Crippen LogP) is 1.57. The number of hydrogen-bond donors (Lipinski definition) is 2. The quantitative estimate of drug-likeness (QED) is 0.659. The van der Waals surface area contributed by atoms with Gasteiger partial charge in [0, 0.05) is 10.7 Å². The molecule has 2 aliphatic heterocycles. The number of carboxylic acids is 1. The van der Waals surface area contributed by atoms with Crippen LogP contribution in [0.2, 0.25) is 0 Å². The molecular formula is C17H14N4O4S3. The van der Waals surface area contributed by atoms with Crippen LogP contribution in [0.3, 0.4) is 0 Å². The van der Waals surface area contributed by atoms with Crippen molar-refractivity contribution in [2.24, 2.45) is 0 Å². The van der Waals surface area contributed by atoms with Crippen molar-refractivity contribution in [2.75, 3.05) is 5.75 Å². The Balaban J connectivity index is 1.47. The van der Waals surface area contributed by atoms with Crippen LogP contribution >= 0.6 is 35.1 Å². The average molecular weight is 435 g/mol. The van der Waals surface area contributed by atoms with Gasteiger partial charge in [-0.05, 0) is 17.1 Å². The van der Waals surface area contributed by atoms with Crippen LogP contribution in [0.4, 0.5) is 0 Å². The van der Waals surface area contributed by atoms with Gasteiger partial charge in [0.05, 0.1) is 6.42 Å². The number of hydrogen-bond acceptors (Lipinski definition) is 8. The van der Waals surface area contributed by atoms with Crippen LogP contribution in [-0.4, -0.2) is 54.3 Å². The van der Waals surface area contributed by atoms with Crippen LogP contribution in [0, 0.1) is 0 Å². The van der Waals surface area contributed by atoms with E-state index in [-0.39, 0.29) is 18.0 Å². The van der Waals surface area contributed by atoms with Gasteiger partial charge in [-0.25, -0.2) is 9.78 Å². The Morgan fingerprint density at radius 1 is 1.32 bits per heavy atom. The number of aliphatic carboxylic acids is 1. The Morgan fingerprint density at radius 2 is 2.11 bits per heavy atom. The number of β-lactam (4-membered cyclic amide) rings is 1. The second-order valence-electron chi connectivity index (χ2n) is 6.00. The first-order chi connectivity index (χ1) is 13.5. The molecule has 0 unspecified atom stereocenters. The van der Waals surface area contributed by atoms with Crippen LogP contribution in [-0.2, 0) is 20.8 Å². The fraction of sp³-hybridized carbons (Fsp3) is 0.235. The van der Waals surface area contributed by atoms with E-state index in [1.54, 1.807) is 0 Å². The van der Waals surface area contributed by atoms with E-state index >= 15 is 0 Å². The van der Waals surface area contributed by atoms with Crippen LogP contribution in [0.5, 0.6) is 0 Å². The van der Waals surface area contributed by atoms with Crippen LogP contribution in [0.1, 0.15) is 5.56 Å². The highest BCUT2D eigenvalue weighted by Gasteiger charge is 2.54. The van der Waals surface area contributed by atoms with Gasteiger partial charge in [-0.15, -0.1) is 11.8 Å². The molecule has 1 saturated heterocycles. The van der Waals surface area contributed by atoms with Gasteiger partial charge in [0.15, 0.2) is 4.34 Å². The zero-order valence-corrected chi connectivity index (χ0v) is 16.7. The molecule has 2 amide bonds. The third-order valence-electron chi connectivity index (χ3n) is 4.21. The second kappa shape index (κ2) is 7.94. The maximum absolute atomic E-state index is 12.6. The number of nitrogens with zero attached hydrogens (tertiary/aromatic N) is 3. The summed E-state index contributed by atoms with van der Waals surface area (Å²) < 4.78 is 4.52. The van der Waals surface area contributed by atoms with Crippen molar-refractivity contribution >= 4 is 52.8 Å². The third-order valence-corrected chi connectivity index (χ3v) is 7.47. The number of carboxylic acid groups (broad SMARTS) is 1. The van der Waals surface area contributed by atoms with Gasteiger partial charge >= 0.3 is 5.97 Å². The predicted molar refractivity (Wildman–Crippen MR) is 106 cm³/mol. The number of carbonyl (C=O) groups is 3. The molecule has 1 aromatic heterocycles. The monoisotopic (exact) mass is 434 g/mol. The van der Waals surface area contributed by atoms with E-state index in [9.17, 15) is 19.5 Å². The number of amides is 2. The molecule has 3 heterocycles. The normalized spacial score (nSPS) is 21.1. The van der Waals surface area contributed by atoms with Crippen LogP contribution < -0.4 is 5.32 Å². The molecule has 1 fully saturated rings. The van der Waals surface area contributed by atoms with Gasteiger partial charge in [-0.1, -0.05) is 42.1 Å². The minimum atomic E-state index is -1.17. The second-order valence-corrected chi connectivity index (χ2v) is 9.23. The fourth-order valence-corrected chi connectivity index (χ4v) is 6.07. The lowest BCUT2D eigenvalue weighted by Crippen LogP contribution is -2.70. The topological polar surface area (TPSA) is 112 Å². The Kier molecular flexibility index (Phi) is 5.38. The zero-order valence-electron chi connectivity index (χ0n) is 14.3. The molecular weight excluding hydrogens is 420 g/mol. The van der Waals surface area contributed by atoms with Gasteiger partial charge in [-0.3, -0.25) is 14.5 Å². The minimum absolute atomic E-state index is 0.0393. The molecule has 2 atom stereocenters. The van der Waals surface area contributed by atoms with Gasteiger partial charge in [0.25, 0.3) is 5.91 Å². The van der Waals surface area contributed by atoms with Crippen molar-refractivity contribution < 1.29 is 19.5 Å². The van der Waals surface area contributed by atoms with E-state index in [0.29, 0.717) is 15.0 Å². The summed E-state index contributed by atoms with van der Waals surface area (Å²) in [6.07, 6.45) is 1.57. The van der Waals surface area contributed by atoms with Crippen molar-refractivity contribution in [1.29, 1.82) is 0 Å². The highest BCUT2D eigenvalue weighted by atomic mass is 32.2. The standard InChI is InChI=1S/C17H14N4O4S3/c22-11(6-9-4-2-1-3-5-9)20-12-14(23)21-13(16(24)25)10(7-26-15(12)21)27-17-18-8-19-28-17/h1-5,8,12,15H,6-7H2,(H,20,22)(H,24,25)/t12-,15-/m1/s1. The number of fused-ring (bicyclic) bond motifs is 1. The molecule has 0 aliphatic carbocycles. The number of aromatic nitrogens is 2. The van der Waals surface area contributed by atoms with E-state index in [1.807, 2.05) is 30.3 Å².